The molecule has 0 bridgehead atoms. The number of allylic oxidation sites excluding steroid dienone is 1. The Morgan fingerprint density at radius 1 is 1.05 bits per heavy atom. The van der Waals surface area contributed by atoms with Crippen molar-refractivity contribution in [3.63, 3.8) is 0 Å². The van der Waals surface area contributed by atoms with Crippen LogP contribution in [-0.2, 0) is 23.9 Å². The predicted octanol–water partition coefficient (Wildman–Crippen LogP) is 2.35. The summed E-state index contributed by atoms with van der Waals surface area (Å²) in [6.45, 7) is 3.60. The van der Waals surface area contributed by atoms with Gasteiger partial charge in [-0.15, -0.1) is 0 Å². The molecular formula is C16H22O5. The number of rotatable bonds is 7. The zero-order chi connectivity index (χ0) is 15.8. The van der Waals surface area contributed by atoms with Crippen molar-refractivity contribution in [1.82, 2.24) is 0 Å². The van der Waals surface area contributed by atoms with Crippen molar-refractivity contribution in [3.8, 4) is 0 Å². The first-order valence-electron chi connectivity index (χ1n) is 7.08. The highest BCUT2D eigenvalue weighted by molar-refractivity contribution is 6.00. The third-order valence-corrected chi connectivity index (χ3v) is 3.69. The van der Waals surface area contributed by atoms with Gasteiger partial charge in [-0.05, 0) is 31.8 Å². The molecule has 116 valence electrons. The van der Waals surface area contributed by atoms with Gasteiger partial charge in [0.1, 0.15) is 0 Å². The van der Waals surface area contributed by atoms with Gasteiger partial charge in [-0.2, -0.15) is 0 Å². The lowest BCUT2D eigenvalue weighted by molar-refractivity contribution is -0.137. The second kappa shape index (κ2) is 8.39. The average Bonchev–Trinajstić information content (AvgIpc) is 3.03. The number of esters is 2. The van der Waals surface area contributed by atoms with Gasteiger partial charge >= 0.3 is 11.9 Å². The topological polar surface area (TPSA) is 69.7 Å². The molecule has 1 aliphatic rings. The molecule has 0 aromatic carbocycles. The number of ketones is 1. The number of carbonyl (C=O) groups excluding carboxylic acids is 3. The monoisotopic (exact) mass is 294 g/mol. The molecule has 5 nitrogen and oxygen atoms in total. The van der Waals surface area contributed by atoms with Crippen LogP contribution in [0.4, 0.5) is 0 Å². The number of methoxy groups -OCH3 is 2. The van der Waals surface area contributed by atoms with Crippen molar-refractivity contribution in [2.75, 3.05) is 14.2 Å². The van der Waals surface area contributed by atoms with Gasteiger partial charge in [0.25, 0.3) is 0 Å². The van der Waals surface area contributed by atoms with Gasteiger partial charge in [0.05, 0.1) is 14.2 Å². The largest absolute Gasteiger partial charge is 0.466 e. The first-order valence-corrected chi connectivity index (χ1v) is 7.08. The first-order chi connectivity index (χ1) is 9.99. The van der Waals surface area contributed by atoms with Crippen LogP contribution >= 0.6 is 0 Å². The van der Waals surface area contributed by atoms with E-state index in [2.05, 4.69) is 16.1 Å². The third kappa shape index (κ3) is 5.17. The molecule has 1 saturated carbocycles. The average molecular weight is 294 g/mol. The van der Waals surface area contributed by atoms with Gasteiger partial charge in [0.15, 0.2) is 5.78 Å². The van der Waals surface area contributed by atoms with Gasteiger partial charge < -0.3 is 9.47 Å². The molecule has 21 heavy (non-hydrogen) atoms. The van der Waals surface area contributed by atoms with E-state index in [1.807, 2.05) is 0 Å². The van der Waals surface area contributed by atoms with E-state index in [9.17, 15) is 14.4 Å². The van der Waals surface area contributed by atoms with E-state index in [1.165, 1.54) is 20.3 Å². The summed E-state index contributed by atoms with van der Waals surface area (Å²) in [5, 5.41) is 0. The quantitative estimate of drug-likeness (QED) is 0.532. The Morgan fingerprint density at radius 2 is 1.62 bits per heavy atom. The fraction of sp³-hybridized carbons (Fsp3) is 0.562. The summed E-state index contributed by atoms with van der Waals surface area (Å²) in [4.78, 5) is 35.1. The van der Waals surface area contributed by atoms with Crippen LogP contribution in [0.25, 0.3) is 0 Å². The normalized spacial score (nSPS) is 15.6. The van der Waals surface area contributed by atoms with Crippen LogP contribution in [0.1, 0.15) is 38.5 Å². The fourth-order valence-corrected chi connectivity index (χ4v) is 2.40. The standard InChI is InChI=1S/C16H22O5/c1-11(15(18)20-2)8-9-13(16(19)21-3)10-14(17)12-6-4-5-7-12/h10,12H,1,4-9H2,2-3H3/b13-10+. The van der Waals surface area contributed by atoms with E-state index in [0.717, 1.165) is 25.7 Å². The predicted molar refractivity (Wildman–Crippen MR) is 77.5 cm³/mol. The maximum Gasteiger partial charge on any atom is 0.333 e. The van der Waals surface area contributed by atoms with Crippen molar-refractivity contribution in [1.29, 1.82) is 0 Å². The van der Waals surface area contributed by atoms with Crippen LogP contribution in [0, 0.1) is 5.92 Å². The second-order valence-electron chi connectivity index (χ2n) is 5.14. The Kier molecular flexibility index (Phi) is 6.85. The molecule has 0 atom stereocenters. The van der Waals surface area contributed by atoms with Crippen LogP contribution in [0.2, 0.25) is 0 Å². The van der Waals surface area contributed by atoms with E-state index in [4.69, 9.17) is 0 Å². The Labute approximate surface area is 125 Å². The van der Waals surface area contributed by atoms with Crippen LogP contribution in [0.3, 0.4) is 0 Å². The van der Waals surface area contributed by atoms with E-state index >= 15 is 0 Å². The van der Waals surface area contributed by atoms with Crippen LogP contribution in [-0.4, -0.2) is 31.9 Å². The Bertz CT molecular complexity index is 455. The van der Waals surface area contributed by atoms with Gasteiger partial charge in [0.2, 0.25) is 0 Å². The molecule has 0 spiro atoms. The number of hydrogen-bond acceptors (Lipinski definition) is 5. The molecule has 0 aromatic heterocycles. The molecule has 5 heteroatoms. The SMILES string of the molecule is C=C(CC/C(=C\C(=O)C1CCCC1)C(=O)OC)C(=O)OC. The highest BCUT2D eigenvalue weighted by Gasteiger charge is 2.23. The van der Waals surface area contributed by atoms with Crippen molar-refractivity contribution in [3.05, 3.63) is 23.8 Å². The van der Waals surface area contributed by atoms with Crippen LogP contribution in [0.15, 0.2) is 23.8 Å². The van der Waals surface area contributed by atoms with Crippen molar-refractivity contribution >= 4 is 17.7 Å². The number of hydrogen-bond donors (Lipinski definition) is 0. The van der Waals surface area contributed by atoms with Crippen molar-refractivity contribution in [2.24, 2.45) is 5.92 Å². The molecule has 1 aliphatic carbocycles. The van der Waals surface area contributed by atoms with Gasteiger partial charge in [-0.3, -0.25) is 4.79 Å². The summed E-state index contributed by atoms with van der Waals surface area (Å²) < 4.78 is 9.24. The Balaban J connectivity index is 2.71. The minimum Gasteiger partial charge on any atom is -0.466 e. The number of ether oxygens (including phenoxy) is 2. The zero-order valence-corrected chi connectivity index (χ0v) is 12.6. The molecule has 1 rings (SSSR count). The zero-order valence-electron chi connectivity index (χ0n) is 12.6. The molecule has 0 saturated heterocycles. The lowest BCUT2D eigenvalue weighted by Gasteiger charge is -2.08. The molecular weight excluding hydrogens is 272 g/mol. The minimum atomic E-state index is -0.543. The molecule has 0 amide bonds. The maximum absolute atomic E-state index is 12.1. The molecule has 0 heterocycles. The minimum absolute atomic E-state index is 0.00784. The van der Waals surface area contributed by atoms with Gasteiger partial charge in [-0.25, -0.2) is 9.59 Å². The van der Waals surface area contributed by atoms with E-state index in [-0.39, 0.29) is 35.7 Å². The van der Waals surface area contributed by atoms with E-state index in [0.29, 0.717) is 0 Å². The van der Waals surface area contributed by atoms with Gasteiger partial charge in [0, 0.05) is 17.1 Å². The molecule has 0 N–H and O–H groups in total. The molecule has 0 radical (unpaired) electrons. The molecule has 0 aliphatic heterocycles. The summed E-state index contributed by atoms with van der Waals surface area (Å²) in [7, 11) is 2.54. The Hall–Kier alpha value is -1.91. The lowest BCUT2D eigenvalue weighted by atomic mass is 9.98. The van der Waals surface area contributed by atoms with E-state index in [1.54, 1.807) is 0 Å². The van der Waals surface area contributed by atoms with Crippen molar-refractivity contribution < 1.29 is 23.9 Å². The van der Waals surface area contributed by atoms with Crippen molar-refractivity contribution in [2.45, 2.75) is 38.5 Å². The summed E-state index contributed by atoms with van der Waals surface area (Å²) in [5.41, 5.74) is 0.542. The van der Waals surface area contributed by atoms with Gasteiger partial charge in [-0.1, -0.05) is 19.4 Å². The summed E-state index contributed by atoms with van der Waals surface area (Å²) in [6, 6.07) is 0. The van der Waals surface area contributed by atoms with Crippen LogP contribution in [0.5, 0.6) is 0 Å². The highest BCUT2D eigenvalue weighted by Crippen LogP contribution is 2.26. The smallest absolute Gasteiger partial charge is 0.333 e. The maximum atomic E-state index is 12.1. The van der Waals surface area contributed by atoms with Crippen LogP contribution < -0.4 is 0 Å². The lowest BCUT2D eigenvalue weighted by Crippen LogP contribution is -2.13. The molecule has 1 fully saturated rings. The summed E-state index contributed by atoms with van der Waals surface area (Å²) in [5.74, 6) is -1.08. The van der Waals surface area contributed by atoms with E-state index < -0.39 is 11.9 Å². The second-order valence-corrected chi connectivity index (χ2v) is 5.14. The number of carbonyl (C=O) groups is 3. The molecule has 0 aromatic rings. The first kappa shape index (κ1) is 17.1. The third-order valence-electron chi connectivity index (χ3n) is 3.69. The molecule has 0 unspecified atom stereocenters. The summed E-state index contributed by atoms with van der Waals surface area (Å²) >= 11 is 0. The summed E-state index contributed by atoms with van der Waals surface area (Å²) in [6.07, 6.45) is 5.71. The fourth-order valence-electron chi connectivity index (χ4n) is 2.40. The Morgan fingerprint density at radius 3 is 2.14 bits per heavy atom. The highest BCUT2D eigenvalue weighted by atomic mass is 16.5.